The Labute approximate surface area is 433 Å². The van der Waals surface area contributed by atoms with Gasteiger partial charge in [-0.2, -0.15) is 0 Å². The number of esters is 3. The lowest BCUT2D eigenvalue weighted by Gasteiger charge is -2.18. The van der Waals surface area contributed by atoms with Gasteiger partial charge < -0.3 is 14.2 Å². The lowest BCUT2D eigenvalue weighted by atomic mass is 10.0. The zero-order chi connectivity index (χ0) is 50.7. The molecule has 0 radical (unpaired) electrons. The quantitative estimate of drug-likeness (QED) is 0.0261. The van der Waals surface area contributed by atoms with Gasteiger partial charge in [0.15, 0.2) is 6.10 Å². The van der Waals surface area contributed by atoms with Crippen LogP contribution in [0.2, 0.25) is 0 Å². The van der Waals surface area contributed by atoms with Gasteiger partial charge in [0.25, 0.3) is 0 Å². The van der Waals surface area contributed by atoms with Crippen molar-refractivity contribution in [2.75, 3.05) is 13.2 Å². The van der Waals surface area contributed by atoms with Gasteiger partial charge in [0, 0.05) is 19.3 Å². The summed E-state index contributed by atoms with van der Waals surface area (Å²) in [5.41, 5.74) is 0. The summed E-state index contributed by atoms with van der Waals surface area (Å²) in [4.78, 5) is 38.2. The van der Waals surface area contributed by atoms with E-state index in [1.54, 1.807) is 0 Å². The van der Waals surface area contributed by atoms with E-state index in [2.05, 4.69) is 106 Å². The van der Waals surface area contributed by atoms with Gasteiger partial charge in [-0.3, -0.25) is 14.4 Å². The Kier molecular flexibility index (Phi) is 55.3. The maximum absolute atomic E-state index is 12.9. The molecule has 1 unspecified atom stereocenters. The summed E-state index contributed by atoms with van der Waals surface area (Å²) < 4.78 is 16.9. The molecule has 0 aliphatic heterocycles. The average molecular weight is 976 g/mol. The predicted octanol–water partition coefficient (Wildman–Crippen LogP) is 19.9. The third-order valence-electron chi connectivity index (χ3n) is 12.6. The molecule has 0 aliphatic rings. The molecule has 0 rings (SSSR count). The van der Waals surface area contributed by atoms with Crippen molar-refractivity contribution in [2.24, 2.45) is 0 Å². The van der Waals surface area contributed by atoms with Crippen LogP contribution in [0.4, 0.5) is 0 Å². The van der Waals surface area contributed by atoms with Crippen LogP contribution in [0.3, 0.4) is 0 Å². The monoisotopic (exact) mass is 975 g/mol. The topological polar surface area (TPSA) is 78.9 Å². The number of ether oxygens (including phenoxy) is 3. The minimum Gasteiger partial charge on any atom is -0.462 e. The van der Waals surface area contributed by atoms with E-state index in [1.165, 1.54) is 116 Å². The van der Waals surface area contributed by atoms with Crippen molar-refractivity contribution in [3.05, 3.63) is 85.1 Å². The summed E-state index contributed by atoms with van der Waals surface area (Å²) in [6, 6.07) is 0. The number of carbonyl (C=O) groups is 3. The molecule has 0 amide bonds. The van der Waals surface area contributed by atoms with Crippen LogP contribution in [0, 0.1) is 0 Å². The van der Waals surface area contributed by atoms with Gasteiger partial charge >= 0.3 is 17.9 Å². The zero-order valence-electron chi connectivity index (χ0n) is 46.0. The predicted molar refractivity (Wildman–Crippen MR) is 302 cm³/mol. The van der Waals surface area contributed by atoms with Crippen molar-refractivity contribution in [3.63, 3.8) is 0 Å². The third kappa shape index (κ3) is 55.5. The lowest BCUT2D eigenvalue weighted by Crippen LogP contribution is -2.30. The third-order valence-corrected chi connectivity index (χ3v) is 12.6. The SMILES string of the molecule is CC/C=C\C/C=C\C/C=C\C/C=C\C/C=C\CCCCCCCC(=O)OCC(COC(=O)CCCCCCC/C=C\C/C=C\CCCCC)OC(=O)CCCCCCCCCCCCCCCCCC. The van der Waals surface area contributed by atoms with E-state index >= 15 is 0 Å². The molecule has 0 saturated carbocycles. The first-order valence-electron chi connectivity index (χ1n) is 29.6. The Hall–Kier alpha value is -3.41. The Morgan fingerprint density at radius 2 is 0.557 bits per heavy atom. The van der Waals surface area contributed by atoms with Crippen molar-refractivity contribution < 1.29 is 28.6 Å². The molecule has 0 saturated heterocycles. The summed E-state index contributed by atoms with van der Waals surface area (Å²) in [7, 11) is 0. The van der Waals surface area contributed by atoms with Crippen LogP contribution in [0.5, 0.6) is 0 Å². The van der Waals surface area contributed by atoms with E-state index < -0.39 is 6.10 Å². The van der Waals surface area contributed by atoms with Gasteiger partial charge in [0.2, 0.25) is 0 Å². The second-order valence-electron chi connectivity index (χ2n) is 19.5. The fourth-order valence-electron chi connectivity index (χ4n) is 8.21. The molecule has 0 heterocycles. The average Bonchev–Trinajstić information content (AvgIpc) is 3.36. The van der Waals surface area contributed by atoms with Crippen LogP contribution in [-0.2, 0) is 28.6 Å². The molecule has 0 aromatic carbocycles. The summed E-state index contributed by atoms with van der Waals surface area (Å²) in [5.74, 6) is -0.910. The molecule has 0 spiro atoms. The minimum absolute atomic E-state index is 0.0883. The van der Waals surface area contributed by atoms with Crippen molar-refractivity contribution >= 4 is 17.9 Å². The molecule has 0 aromatic heterocycles. The molecular formula is C64H110O6. The van der Waals surface area contributed by atoms with Gasteiger partial charge in [-0.25, -0.2) is 0 Å². The number of carbonyl (C=O) groups excluding carboxylic acids is 3. The molecule has 0 aromatic rings. The molecule has 6 nitrogen and oxygen atoms in total. The van der Waals surface area contributed by atoms with E-state index in [9.17, 15) is 14.4 Å². The maximum Gasteiger partial charge on any atom is 0.306 e. The highest BCUT2D eigenvalue weighted by Gasteiger charge is 2.19. The molecule has 402 valence electrons. The van der Waals surface area contributed by atoms with Crippen molar-refractivity contribution in [1.82, 2.24) is 0 Å². The second-order valence-corrected chi connectivity index (χ2v) is 19.5. The molecule has 6 heteroatoms. The van der Waals surface area contributed by atoms with Crippen LogP contribution in [0.25, 0.3) is 0 Å². The summed E-state index contributed by atoms with van der Waals surface area (Å²) in [5, 5.41) is 0. The van der Waals surface area contributed by atoms with E-state index in [4.69, 9.17) is 14.2 Å². The summed E-state index contributed by atoms with van der Waals surface area (Å²) >= 11 is 0. The standard InChI is InChI=1S/C64H110O6/c1-4-7-10-13-16-19-22-25-28-30-31-32-33-34-37-39-42-45-48-51-54-57-63(66)69-60-61(59-68-62(65)56-53-50-47-44-41-38-35-27-24-21-18-15-12-9-6-3)70-64(67)58-55-52-49-46-43-40-36-29-26-23-20-17-14-11-8-5-2/h7,10,16,18-19,21,25,27-28,31-32,34-35,37,61H,4-6,8-9,11-15,17,20,22-24,26,29-30,33,36,38-60H2,1-3H3/b10-7-,19-16-,21-18-,28-25-,32-31-,35-27-,37-34-. The second kappa shape index (κ2) is 58.2. The molecule has 0 bridgehead atoms. The first kappa shape index (κ1) is 66.6. The first-order valence-corrected chi connectivity index (χ1v) is 29.6. The van der Waals surface area contributed by atoms with Gasteiger partial charge in [0.05, 0.1) is 0 Å². The molecule has 70 heavy (non-hydrogen) atoms. The molecule has 0 fully saturated rings. The number of rotatable bonds is 53. The maximum atomic E-state index is 12.9. The Bertz CT molecular complexity index is 1350. The molecular weight excluding hydrogens is 865 g/mol. The van der Waals surface area contributed by atoms with E-state index in [-0.39, 0.29) is 31.1 Å². The minimum atomic E-state index is -0.790. The van der Waals surface area contributed by atoms with Crippen LogP contribution in [0.15, 0.2) is 85.1 Å². The normalized spacial score (nSPS) is 12.7. The lowest BCUT2D eigenvalue weighted by molar-refractivity contribution is -0.167. The number of unbranched alkanes of at least 4 members (excludes halogenated alkanes) is 28. The summed E-state index contributed by atoms with van der Waals surface area (Å²) in [6.07, 6.45) is 75.7. The van der Waals surface area contributed by atoms with Gasteiger partial charge in [-0.05, 0) is 96.3 Å². The Morgan fingerprint density at radius 3 is 0.900 bits per heavy atom. The van der Waals surface area contributed by atoms with Crippen molar-refractivity contribution in [3.8, 4) is 0 Å². The number of hydrogen-bond acceptors (Lipinski definition) is 6. The Balaban J connectivity index is 4.42. The number of hydrogen-bond donors (Lipinski definition) is 0. The highest BCUT2D eigenvalue weighted by atomic mass is 16.6. The van der Waals surface area contributed by atoms with E-state index in [1.807, 2.05) is 0 Å². The molecule has 1 atom stereocenters. The van der Waals surface area contributed by atoms with Crippen LogP contribution in [0.1, 0.15) is 284 Å². The largest absolute Gasteiger partial charge is 0.462 e. The van der Waals surface area contributed by atoms with Crippen molar-refractivity contribution in [1.29, 1.82) is 0 Å². The molecule has 0 aliphatic carbocycles. The fraction of sp³-hybridized carbons (Fsp3) is 0.734. The number of allylic oxidation sites excluding steroid dienone is 14. The molecule has 0 N–H and O–H groups in total. The fourth-order valence-corrected chi connectivity index (χ4v) is 8.21. The van der Waals surface area contributed by atoms with Crippen LogP contribution < -0.4 is 0 Å². The van der Waals surface area contributed by atoms with Crippen molar-refractivity contribution in [2.45, 2.75) is 290 Å². The highest BCUT2D eigenvalue weighted by molar-refractivity contribution is 5.71. The summed E-state index contributed by atoms with van der Waals surface area (Å²) in [6.45, 7) is 6.49. The smallest absolute Gasteiger partial charge is 0.306 e. The Morgan fingerprint density at radius 1 is 0.300 bits per heavy atom. The van der Waals surface area contributed by atoms with Crippen LogP contribution >= 0.6 is 0 Å². The van der Waals surface area contributed by atoms with E-state index in [0.29, 0.717) is 19.3 Å². The van der Waals surface area contributed by atoms with Gasteiger partial charge in [-0.15, -0.1) is 0 Å². The zero-order valence-corrected chi connectivity index (χ0v) is 46.0. The first-order chi connectivity index (χ1) is 34.5. The van der Waals surface area contributed by atoms with E-state index in [0.717, 1.165) is 128 Å². The highest BCUT2D eigenvalue weighted by Crippen LogP contribution is 2.16. The van der Waals surface area contributed by atoms with Gasteiger partial charge in [-0.1, -0.05) is 254 Å². The van der Waals surface area contributed by atoms with Gasteiger partial charge in [0.1, 0.15) is 13.2 Å². The van der Waals surface area contributed by atoms with Crippen LogP contribution in [-0.4, -0.2) is 37.2 Å².